The molecule has 1 aromatic rings. The molecule has 2 N–H and O–H groups in total. The maximum atomic E-state index is 12.5. The van der Waals surface area contributed by atoms with Gasteiger partial charge in [-0.05, 0) is 6.07 Å². The molecule has 0 aliphatic rings. The molecule has 0 aliphatic heterocycles. The van der Waals surface area contributed by atoms with Crippen molar-refractivity contribution in [3.63, 3.8) is 0 Å². The van der Waals surface area contributed by atoms with Gasteiger partial charge in [-0.3, -0.25) is 10.4 Å². The zero-order valence-corrected chi connectivity index (χ0v) is 6.39. The van der Waals surface area contributed by atoms with Crippen molar-refractivity contribution in [2.45, 2.75) is 0 Å². The van der Waals surface area contributed by atoms with E-state index in [1.807, 2.05) is 0 Å². The molecular weight excluding hydrogens is 192 g/mol. The number of halogens is 3. The molecule has 1 rings (SSSR count). The Bertz CT molecular complexity index is 283. The number of hydrogen-bond donors (Lipinski definition) is 2. The monoisotopic (exact) mass is 195 g/mol. The largest absolute Gasteiger partial charge is 0.264 e. The molecule has 3 nitrogen and oxygen atoms in total. The summed E-state index contributed by atoms with van der Waals surface area (Å²) in [7, 11) is 0. The molecule has 0 saturated carbocycles. The summed E-state index contributed by atoms with van der Waals surface area (Å²) in [6, 6.07) is 1.47. The smallest absolute Gasteiger partial charge is 0.177 e. The third kappa shape index (κ3) is 1.63. The van der Waals surface area contributed by atoms with E-state index in [1.54, 1.807) is 0 Å². The maximum absolute atomic E-state index is 12.5. The summed E-state index contributed by atoms with van der Waals surface area (Å²) in [5.41, 5.74) is -0.348. The third-order valence-corrected chi connectivity index (χ3v) is 1.47. The van der Waals surface area contributed by atoms with E-state index in [1.165, 1.54) is 0 Å². The molecule has 0 aromatic heterocycles. The van der Waals surface area contributed by atoms with Crippen molar-refractivity contribution in [1.29, 1.82) is 0 Å². The van der Waals surface area contributed by atoms with Crippen LogP contribution in [0.1, 0.15) is 0 Å². The molecular formula is C6H4ClF2NO2. The Hall–Kier alpha value is -0.910. The van der Waals surface area contributed by atoms with Crippen molar-refractivity contribution in [1.82, 2.24) is 0 Å². The van der Waals surface area contributed by atoms with Gasteiger partial charge >= 0.3 is 0 Å². The SMILES string of the molecule is ON(O)c1cc(F)c(F)c(Cl)c1. The minimum absolute atomic E-state index is 0.348. The highest BCUT2D eigenvalue weighted by Crippen LogP contribution is 2.23. The zero-order chi connectivity index (χ0) is 9.30. The maximum Gasteiger partial charge on any atom is 0.177 e. The lowest BCUT2D eigenvalue weighted by Crippen LogP contribution is -2.11. The van der Waals surface area contributed by atoms with Crippen LogP contribution in [-0.4, -0.2) is 10.4 Å². The molecule has 0 fully saturated rings. The highest BCUT2D eigenvalue weighted by atomic mass is 35.5. The lowest BCUT2D eigenvalue weighted by Gasteiger charge is -2.08. The Morgan fingerprint density at radius 1 is 1.25 bits per heavy atom. The number of benzene rings is 1. The molecule has 12 heavy (non-hydrogen) atoms. The lowest BCUT2D eigenvalue weighted by atomic mass is 10.3. The van der Waals surface area contributed by atoms with Crippen LogP contribution < -0.4 is 5.23 Å². The van der Waals surface area contributed by atoms with Gasteiger partial charge in [0, 0.05) is 6.07 Å². The van der Waals surface area contributed by atoms with Crippen LogP contribution in [0, 0.1) is 11.6 Å². The van der Waals surface area contributed by atoms with Crippen LogP contribution in [0.2, 0.25) is 5.02 Å². The van der Waals surface area contributed by atoms with E-state index in [0.29, 0.717) is 6.07 Å². The van der Waals surface area contributed by atoms with E-state index >= 15 is 0 Å². The van der Waals surface area contributed by atoms with Gasteiger partial charge in [-0.15, -0.1) is 5.23 Å². The highest BCUT2D eigenvalue weighted by Gasteiger charge is 2.11. The second-order valence-corrected chi connectivity index (χ2v) is 2.42. The van der Waals surface area contributed by atoms with E-state index in [2.05, 4.69) is 0 Å². The van der Waals surface area contributed by atoms with E-state index in [4.69, 9.17) is 22.0 Å². The molecule has 0 atom stereocenters. The summed E-state index contributed by atoms with van der Waals surface area (Å²) in [5, 5.41) is 15.9. The van der Waals surface area contributed by atoms with Crippen LogP contribution in [0.3, 0.4) is 0 Å². The van der Waals surface area contributed by atoms with Crippen molar-refractivity contribution >= 4 is 17.3 Å². The van der Waals surface area contributed by atoms with Crippen LogP contribution in [0.25, 0.3) is 0 Å². The van der Waals surface area contributed by atoms with Gasteiger partial charge in [0.1, 0.15) is 0 Å². The zero-order valence-electron chi connectivity index (χ0n) is 5.63. The first-order chi connectivity index (χ1) is 5.52. The average molecular weight is 196 g/mol. The Morgan fingerprint density at radius 3 is 2.25 bits per heavy atom. The molecule has 66 valence electrons. The average Bonchev–Trinajstić information content (AvgIpc) is 1.99. The fraction of sp³-hybridized carbons (Fsp3) is 0. The first-order valence-electron chi connectivity index (χ1n) is 2.85. The summed E-state index contributed by atoms with van der Waals surface area (Å²) in [4.78, 5) is 0. The molecule has 0 radical (unpaired) electrons. The topological polar surface area (TPSA) is 43.7 Å². The second-order valence-electron chi connectivity index (χ2n) is 2.01. The van der Waals surface area contributed by atoms with Gasteiger partial charge < -0.3 is 0 Å². The Balaban J connectivity index is 3.21. The van der Waals surface area contributed by atoms with Crippen molar-refractivity contribution in [2.75, 3.05) is 5.23 Å². The minimum atomic E-state index is -1.24. The quantitative estimate of drug-likeness (QED) is 0.533. The lowest BCUT2D eigenvalue weighted by molar-refractivity contribution is 0.0289. The van der Waals surface area contributed by atoms with Gasteiger partial charge in [-0.25, -0.2) is 8.78 Å². The van der Waals surface area contributed by atoms with Gasteiger partial charge in [0.05, 0.1) is 10.7 Å². The van der Waals surface area contributed by atoms with Crippen LogP contribution in [0.15, 0.2) is 12.1 Å². The summed E-state index contributed by atoms with van der Waals surface area (Å²) in [5.74, 6) is -2.46. The molecule has 0 unspecified atom stereocenters. The highest BCUT2D eigenvalue weighted by molar-refractivity contribution is 6.31. The molecule has 0 bridgehead atoms. The fourth-order valence-corrected chi connectivity index (χ4v) is 0.860. The van der Waals surface area contributed by atoms with Gasteiger partial charge in [0.15, 0.2) is 11.6 Å². The summed E-state index contributed by atoms with van der Waals surface area (Å²) < 4.78 is 25.0. The van der Waals surface area contributed by atoms with Gasteiger partial charge in [-0.2, -0.15) is 0 Å². The predicted octanol–water partition coefficient (Wildman–Crippen LogP) is 2.20. The second kappa shape index (κ2) is 3.22. The number of anilines is 1. The molecule has 0 spiro atoms. The number of nitrogens with zero attached hydrogens (tertiary/aromatic N) is 1. The Labute approximate surface area is 71.3 Å². The van der Waals surface area contributed by atoms with Gasteiger partial charge in [-0.1, -0.05) is 11.6 Å². The fourth-order valence-electron chi connectivity index (χ4n) is 0.658. The molecule has 0 aliphatic carbocycles. The first kappa shape index (κ1) is 9.18. The number of hydrogen-bond acceptors (Lipinski definition) is 3. The van der Waals surface area contributed by atoms with E-state index < -0.39 is 16.7 Å². The van der Waals surface area contributed by atoms with Crippen molar-refractivity contribution in [2.24, 2.45) is 0 Å². The molecule has 1 aromatic carbocycles. The van der Waals surface area contributed by atoms with Crippen molar-refractivity contribution in [3.8, 4) is 0 Å². The van der Waals surface area contributed by atoms with Crippen LogP contribution >= 0.6 is 11.6 Å². The van der Waals surface area contributed by atoms with Crippen LogP contribution in [-0.2, 0) is 0 Å². The Morgan fingerprint density at radius 2 is 1.83 bits per heavy atom. The summed E-state index contributed by atoms with van der Waals surface area (Å²) >= 11 is 5.20. The van der Waals surface area contributed by atoms with E-state index in [9.17, 15) is 8.78 Å². The predicted molar refractivity (Wildman–Crippen MR) is 37.4 cm³/mol. The summed E-state index contributed by atoms with van der Waals surface area (Å²) in [6.45, 7) is 0. The van der Waals surface area contributed by atoms with Gasteiger partial charge in [0.25, 0.3) is 0 Å². The van der Waals surface area contributed by atoms with E-state index in [0.717, 1.165) is 6.07 Å². The minimum Gasteiger partial charge on any atom is -0.264 e. The number of rotatable bonds is 1. The Kier molecular flexibility index (Phi) is 2.46. The van der Waals surface area contributed by atoms with E-state index in [-0.39, 0.29) is 10.9 Å². The molecule has 0 heterocycles. The normalized spacial score (nSPS) is 10.1. The molecule has 0 saturated heterocycles. The van der Waals surface area contributed by atoms with Crippen LogP contribution in [0.5, 0.6) is 0 Å². The van der Waals surface area contributed by atoms with Crippen molar-refractivity contribution < 1.29 is 19.2 Å². The summed E-state index contributed by atoms with van der Waals surface area (Å²) in [6.07, 6.45) is 0. The third-order valence-electron chi connectivity index (χ3n) is 1.20. The molecule has 6 heteroatoms. The molecule has 0 amide bonds. The van der Waals surface area contributed by atoms with Gasteiger partial charge in [0.2, 0.25) is 0 Å². The first-order valence-corrected chi connectivity index (χ1v) is 3.22. The van der Waals surface area contributed by atoms with Crippen LogP contribution in [0.4, 0.5) is 14.5 Å². The van der Waals surface area contributed by atoms with Crippen molar-refractivity contribution in [3.05, 3.63) is 28.8 Å². The standard InChI is InChI=1S/C6H4ClF2NO2/c7-4-1-3(10(11)12)2-5(8)6(4)9/h1-2,11-12H.